The van der Waals surface area contributed by atoms with Gasteiger partial charge in [0.25, 0.3) is 0 Å². The van der Waals surface area contributed by atoms with Crippen molar-refractivity contribution in [3.8, 4) is 23.0 Å². The summed E-state index contributed by atoms with van der Waals surface area (Å²) < 4.78 is 28.6. The zero-order chi connectivity index (χ0) is 15.0. The van der Waals surface area contributed by atoms with Gasteiger partial charge < -0.3 is 23.4 Å². The van der Waals surface area contributed by atoms with E-state index in [1.807, 2.05) is 24.3 Å². The molecule has 0 radical (unpaired) electrons. The minimum atomic E-state index is -0.0458. The van der Waals surface area contributed by atoms with Crippen LogP contribution in [-0.2, 0) is 0 Å². The molecule has 0 unspecified atom stereocenters. The lowest BCUT2D eigenvalue weighted by Crippen LogP contribution is -2.23. The number of furan rings is 1. The van der Waals surface area contributed by atoms with E-state index >= 15 is 0 Å². The Hall–Kier alpha value is -2.82. The van der Waals surface area contributed by atoms with Gasteiger partial charge in [-0.15, -0.1) is 0 Å². The van der Waals surface area contributed by atoms with Gasteiger partial charge in [-0.2, -0.15) is 0 Å². The molecule has 3 aliphatic rings. The SMILES string of the molecule is c1cc2cc3c(cc2o1)OC[C@@H]1c2cc4c(cc2O[C@H]31)OCO4. The van der Waals surface area contributed by atoms with Crippen LogP contribution in [0.2, 0.25) is 0 Å². The van der Waals surface area contributed by atoms with Gasteiger partial charge >= 0.3 is 0 Å². The van der Waals surface area contributed by atoms with Crippen molar-refractivity contribution in [3.63, 3.8) is 0 Å². The molecule has 3 aromatic rings. The van der Waals surface area contributed by atoms with E-state index < -0.39 is 0 Å². The average Bonchev–Trinajstić information content (AvgIpc) is 3.27. The van der Waals surface area contributed by atoms with Gasteiger partial charge in [0, 0.05) is 28.6 Å². The van der Waals surface area contributed by atoms with E-state index in [0.29, 0.717) is 6.61 Å². The predicted molar refractivity (Wildman–Crippen MR) is 80.4 cm³/mol. The Morgan fingerprint density at radius 2 is 1.74 bits per heavy atom. The lowest BCUT2D eigenvalue weighted by Gasteiger charge is -2.27. The highest BCUT2D eigenvalue weighted by molar-refractivity contribution is 5.80. The highest BCUT2D eigenvalue weighted by atomic mass is 16.7. The van der Waals surface area contributed by atoms with Crippen LogP contribution in [0.3, 0.4) is 0 Å². The number of benzene rings is 2. The summed E-state index contributed by atoms with van der Waals surface area (Å²) in [5, 5.41) is 1.06. The molecule has 6 rings (SSSR count). The second-order valence-corrected chi connectivity index (χ2v) is 6.05. The summed E-state index contributed by atoms with van der Waals surface area (Å²) in [6, 6.07) is 9.94. The van der Waals surface area contributed by atoms with Crippen molar-refractivity contribution in [1.29, 1.82) is 0 Å². The minimum absolute atomic E-state index is 0.0458. The fourth-order valence-corrected chi connectivity index (χ4v) is 3.71. The first kappa shape index (κ1) is 11.7. The summed E-state index contributed by atoms with van der Waals surface area (Å²) in [6.45, 7) is 0.848. The zero-order valence-electron chi connectivity index (χ0n) is 12.1. The van der Waals surface area contributed by atoms with Crippen LogP contribution in [0.15, 0.2) is 41.0 Å². The molecule has 0 saturated heterocycles. The van der Waals surface area contributed by atoms with Gasteiger partial charge in [-0.05, 0) is 18.2 Å². The van der Waals surface area contributed by atoms with E-state index in [4.69, 9.17) is 23.4 Å². The molecule has 0 spiro atoms. The molecule has 0 amide bonds. The molecule has 23 heavy (non-hydrogen) atoms. The zero-order valence-corrected chi connectivity index (χ0v) is 12.1. The summed E-state index contributed by atoms with van der Waals surface area (Å²) in [7, 11) is 0. The Labute approximate surface area is 131 Å². The maximum atomic E-state index is 6.24. The Bertz CT molecular complexity index is 957. The molecule has 0 fully saturated rings. The van der Waals surface area contributed by atoms with Crippen LogP contribution >= 0.6 is 0 Å². The van der Waals surface area contributed by atoms with Crippen LogP contribution in [0, 0.1) is 0 Å². The number of rotatable bonds is 0. The summed E-state index contributed by atoms with van der Waals surface area (Å²) in [5.41, 5.74) is 3.02. The molecule has 0 aliphatic carbocycles. The normalized spacial score (nSPS) is 23.0. The second-order valence-electron chi connectivity index (χ2n) is 6.05. The van der Waals surface area contributed by atoms with Crippen molar-refractivity contribution in [3.05, 3.63) is 47.7 Å². The van der Waals surface area contributed by atoms with Gasteiger partial charge in [0.2, 0.25) is 6.79 Å². The first-order valence-electron chi connectivity index (χ1n) is 7.61. The fourth-order valence-electron chi connectivity index (χ4n) is 3.71. The molecule has 4 heterocycles. The Morgan fingerprint density at radius 3 is 2.70 bits per heavy atom. The highest BCUT2D eigenvalue weighted by Gasteiger charge is 2.42. The van der Waals surface area contributed by atoms with Crippen molar-refractivity contribution >= 4 is 11.0 Å². The van der Waals surface area contributed by atoms with Crippen molar-refractivity contribution in [2.24, 2.45) is 0 Å². The van der Waals surface area contributed by atoms with Crippen LogP contribution < -0.4 is 18.9 Å². The van der Waals surface area contributed by atoms with Crippen LogP contribution in [0.1, 0.15) is 23.1 Å². The third-order valence-electron chi connectivity index (χ3n) is 4.83. The molecule has 1 aromatic heterocycles. The van der Waals surface area contributed by atoms with E-state index in [0.717, 1.165) is 45.1 Å². The summed E-state index contributed by atoms with van der Waals surface area (Å²) in [6.07, 6.45) is 1.65. The predicted octanol–water partition coefficient (Wildman–Crippen LogP) is 3.77. The van der Waals surface area contributed by atoms with Gasteiger partial charge in [-0.1, -0.05) is 0 Å². The number of hydrogen-bond acceptors (Lipinski definition) is 5. The molecule has 5 nitrogen and oxygen atoms in total. The average molecular weight is 308 g/mol. The third kappa shape index (κ3) is 1.46. The van der Waals surface area contributed by atoms with Crippen molar-refractivity contribution in [2.45, 2.75) is 12.0 Å². The molecule has 3 aliphatic heterocycles. The monoisotopic (exact) mass is 308 g/mol. The van der Waals surface area contributed by atoms with Gasteiger partial charge in [0.1, 0.15) is 23.2 Å². The maximum absolute atomic E-state index is 6.24. The van der Waals surface area contributed by atoms with Gasteiger partial charge in [-0.3, -0.25) is 0 Å². The first-order chi connectivity index (χ1) is 11.4. The molecule has 2 aromatic carbocycles. The van der Waals surface area contributed by atoms with Gasteiger partial charge in [-0.25, -0.2) is 0 Å². The summed E-state index contributed by atoms with van der Waals surface area (Å²) >= 11 is 0. The van der Waals surface area contributed by atoms with E-state index in [9.17, 15) is 0 Å². The van der Waals surface area contributed by atoms with Crippen LogP contribution in [0.4, 0.5) is 0 Å². The molecular weight excluding hydrogens is 296 g/mol. The largest absolute Gasteiger partial charge is 0.492 e. The quantitative estimate of drug-likeness (QED) is 0.632. The standard InChI is InChI=1S/C18H12O5/c1-2-19-13-5-14-11(3-9(1)13)18-12(7-20-14)10-4-16-17(22-8-21-16)6-15(10)23-18/h1-6,12,18H,7-8H2/t12-,18-/m1/s1. The molecule has 0 bridgehead atoms. The topological polar surface area (TPSA) is 50.1 Å². The van der Waals surface area contributed by atoms with Gasteiger partial charge in [0.05, 0.1) is 18.8 Å². The molecule has 0 N–H and O–H groups in total. The number of fused-ring (bicyclic) bond motifs is 7. The van der Waals surface area contributed by atoms with Crippen LogP contribution in [-0.4, -0.2) is 13.4 Å². The maximum Gasteiger partial charge on any atom is 0.231 e. The van der Waals surface area contributed by atoms with E-state index in [2.05, 4.69) is 6.07 Å². The highest BCUT2D eigenvalue weighted by Crippen LogP contribution is 2.54. The third-order valence-corrected chi connectivity index (χ3v) is 4.83. The Balaban J connectivity index is 1.51. The Morgan fingerprint density at radius 1 is 0.826 bits per heavy atom. The number of hydrogen-bond donors (Lipinski definition) is 0. The van der Waals surface area contributed by atoms with E-state index in [1.165, 1.54) is 0 Å². The van der Waals surface area contributed by atoms with Crippen molar-refractivity contribution in [1.82, 2.24) is 0 Å². The molecule has 0 saturated carbocycles. The summed E-state index contributed by atoms with van der Waals surface area (Å²) in [4.78, 5) is 0. The lowest BCUT2D eigenvalue weighted by atomic mass is 9.89. The second kappa shape index (κ2) is 3.93. The Kier molecular flexibility index (Phi) is 2.00. The molecule has 2 atom stereocenters. The summed E-state index contributed by atoms with van der Waals surface area (Å²) in [5.74, 6) is 3.38. The van der Waals surface area contributed by atoms with Crippen molar-refractivity contribution in [2.75, 3.05) is 13.4 Å². The van der Waals surface area contributed by atoms with Crippen LogP contribution in [0.5, 0.6) is 23.0 Å². The minimum Gasteiger partial charge on any atom is -0.492 e. The molecule has 5 heteroatoms. The number of ether oxygens (including phenoxy) is 4. The van der Waals surface area contributed by atoms with Crippen molar-refractivity contribution < 1.29 is 23.4 Å². The fraction of sp³-hybridized carbons (Fsp3) is 0.222. The first-order valence-corrected chi connectivity index (χ1v) is 7.61. The molecule has 114 valence electrons. The van der Waals surface area contributed by atoms with Crippen LogP contribution in [0.25, 0.3) is 11.0 Å². The van der Waals surface area contributed by atoms with E-state index in [-0.39, 0.29) is 18.8 Å². The van der Waals surface area contributed by atoms with E-state index in [1.54, 1.807) is 6.26 Å². The van der Waals surface area contributed by atoms with Gasteiger partial charge in [0.15, 0.2) is 11.5 Å². The molecular formula is C18H12O5. The lowest BCUT2D eigenvalue weighted by molar-refractivity contribution is 0.139. The smallest absolute Gasteiger partial charge is 0.231 e.